The number of likely N-dealkylation sites (N-methyl/N-ethyl adjacent to an activating group) is 2. The Morgan fingerprint density at radius 3 is 2.62 bits per heavy atom. The van der Waals surface area contributed by atoms with E-state index < -0.39 is 0 Å². The van der Waals surface area contributed by atoms with Crippen molar-refractivity contribution in [2.45, 2.75) is 26.0 Å². The lowest BCUT2D eigenvalue weighted by atomic mass is 10.1. The molecular formula is C12H27N3O. The van der Waals surface area contributed by atoms with E-state index in [1.54, 1.807) is 0 Å². The predicted octanol–water partition coefficient (Wildman–Crippen LogP) is -0.161. The maximum Gasteiger partial charge on any atom is 0.0791 e. The molecule has 0 spiro atoms. The molecule has 1 aliphatic heterocycles. The first kappa shape index (κ1) is 13.9. The van der Waals surface area contributed by atoms with Crippen molar-refractivity contribution in [1.82, 2.24) is 15.1 Å². The zero-order valence-corrected chi connectivity index (χ0v) is 11.1. The monoisotopic (exact) mass is 229 g/mol. The highest BCUT2D eigenvalue weighted by Crippen LogP contribution is 2.19. The molecule has 0 saturated carbocycles. The van der Waals surface area contributed by atoms with Gasteiger partial charge in [0.1, 0.15) is 0 Å². The molecule has 3 atom stereocenters. The Hall–Kier alpha value is -0.160. The molecule has 0 aromatic carbocycles. The van der Waals surface area contributed by atoms with Gasteiger partial charge in [-0.3, -0.25) is 4.90 Å². The number of rotatable bonds is 6. The largest absolute Gasteiger partial charge is 0.390 e. The zero-order chi connectivity index (χ0) is 12.1. The maximum absolute atomic E-state index is 9.83. The Kier molecular flexibility index (Phi) is 5.69. The summed E-state index contributed by atoms with van der Waals surface area (Å²) >= 11 is 0. The van der Waals surface area contributed by atoms with E-state index in [0.717, 1.165) is 26.2 Å². The standard InChI is InChI=1S/C12H27N3O/c1-5-13-6-11(16)8-15-7-10(2)12(9-15)14(3)4/h10-13,16H,5-9H2,1-4H3. The topological polar surface area (TPSA) is 38.7 Å². The quantitative estimate of drug-likeness (QED) is 0.664. The molecule has 4 heteroatoms. The number of nitrogens with zero attached hydrogens (tertiary/aromatic N) is 2. The van der Waals surface area contributed by atoms with E-state index in [9.17, 15) is 5.11 Å². The fraction of sp³-hybridized carbons (Fsp3) is 1.00. The van der Waals surface area contributed by atoms with Crippen molar-refractivity contribution < 1.29 is 5.11 Å². The summed E-state index contributed by atoms with van der Waals surface area (Å²) < 4.78 is 0. The molecule has 1 aliphatic rings. The molecule has 4 nitrogen and oxygen atoms in total. The highest BCUT2D eigenvalue weighted by molar-refractivity contribution is 4.87. The number of β-amino-alcohol motifs (C(OH)–C–C–N with tert-alkyl or cyclic N) is 1. The fourth-order valence-corrected chi connectivity index (χ4v) is 2.54. The van der Waals surface area contributed by atoms with E-state index in [4.69, 9.17) is 0 Å². The van der Waals surface area contributed by atoms with Crippen LogP contribution in [0.2, 0.25) is 0 Å². The average Bonchev–Trinajstić information content (AvgIpc) is 2.56. The summed E-state index contributed by atoms with van der Waals surface area (Å²) in [5.74, 6) is 0.696. The van der Waals surface area contributed by atoms with Crippen molar-refractivity contribution >= 4 is 0 Å². The molecule has 1 fully saturated rings. The van der Waals surface area contributed by atoms with Crippen molar-refractivity contribution in [3.8, 4) is 0 Å². The van der Waals surface area contributed by atoms with Crippen molar-refractivity contribution in [2.24, 2.45) is 5.92 Å². The molecule has 0 aliphatic carbocycles. The van der Waals surface area contributed by atoms with Crippen LogP contribution in [0.15, 0.2) is 0 Å². The number of aliphatic hydroxyl groups excluding tert-OH is 1. The molecule has 0 aromatic rings. The van der Waals surface area contributed by atoms with Gasteiger partial charge in [-0.2, -0.15) is 0 Å². The molecule has 1 saturated heterocycles. The van der Waals surface area contributed by atoms with Gasteiger partial charge in [0.2, 0.25) is 0 Å². The van der Waals surface area contributed by atoms with Crippen molar-refractivity contribution in [2.75, 3.05) is 46.8 Å². The number of hydrogen-bond donors (Lipinski definition) is 2. The van der Waals surface area contributed by atoms with Crippen LogP contribution in [0.1, 0.15) is 13.8 Å². The Balaban J connectivity index is 2.29. The summed E-state index contributed by atoms with van der Waals surface area (Å²) in [6.07, 6.45) is -0.243. The minimum absolute atomic E-state index is 0.243. The lowest BCUT2D eigenvalue weighted by Crippen LogP contribution is -2.39. The van der Waals surface area contributed by atoms with Crippen molar-refractivity contribution in [1.29, 1.82) is 0 Å². The Morgan fingerprint density at radius 2 is 2.12 bits per heavy atom. The zero-order valence-electron chi connectivity index (χ0n) is 11.1. The molecule has 1 heterocycles. The van der Waals surface area contributed by atoms with Crippen molar-refractivity contribution in [3.63, 3.8) is 0 Å². The first-order valence-electron chi connectivity index (χ1n) is 6.32. The summed E-state index contributed by atoms with van der Waals surface area (Å²) in [5.41, 5.74) is 0. The first-order valence-corrected chi connectivity index (χ1v) is 6.32. The van der Waals surface area contributed by atoms with E-state index in [1.165, 1.54) is 0 Å². The van der Waals surface area contributed by atoms with E-state index >= 15 is 0 Å². The molecular weight excluding hydrogens is 202 g/mol. The highest BCUT2D eigenvalue weighted by atomic mass is 16.3. The van der Waals surface area contributed by atoms with Crippen LogP contribution >= 0.6 is 0 Å². The lowest BCUT2D eigenvalue weighted by molar-refractivity contribution is 0.120. The van der Waals surface area contributed by atoms with E-state index in [2.05, 4.69) is 43.1 Å². The maximum atomic E-state index is 9.83. The number of likely N-dealkylation sites (tertiary alicyclic amines) is 1. The van der Waals surface area contributed by atoms with E-state index in [0.29, 0.717) is 18.5 Å². The summed E-state index contributed by atoms with van der Waals surface area (Å²) in [4.78, 5) is 4.67. The normalized spacial score (nSPS) is 28.9. The van der Waals surface area contributed by atoms with Gasteiger partial charge >= 0.3 is 0 Å². The minimum Gasteiger partial charge on any atom is -0.390 e. The third kappa shape index (κ3) is 4.01. The van der Waals surface area contributed by atoms with Gasteiger partial charge in [0.25, 0.3) is 0 Å². The summed E-state index contributed by atoms with van der Waals surface area (Å²) in [7, 11) is 4.28. The van der Waals surface area contributed by atoms with Gasteiger partial charge in [-0.05, 0) is 26.6 Å². The first-order chi connectivity index (χ1) is 7.54. The number of hydrogen-bond acceptors (Lipinski definition) is 4. The second-order valence-corrected chi connectivity index (χ2v) is 5.19. The van der Waals surface area contributed by atoms with Gasteiger partial charge in [-0.1, -0.05) is 13.8 Å². The Labute approximate surface area is 99.6 Å². The highest BCUT2D eigenvalue weighted by Gasteiger charge is 2.31. The van der Waals surface area contributed by atoms with Crippen LogP contribution in [0.4, 0.5) is 0 Å². The molecule has 96 valence electrons. The lowest BCUT2D eigenvalue weighted by Gasteiger charge is -2.23. The third-order valence-electron chi connectivity index (χ3n) is 3.41. The number of nitrogens with one attached hydrogen (secondary N) is 1. The van der Waals surface area contributed by atoms with Crippen LogP contribution in [-0.4, -0.2) is 73.9 Å². The molecule has 1 rings (SSSR count). The average molecular weight is 229 g/mol. The number of aliphatic hydroxyl groups is 1. The smallest absolute Gasteiger partial charge is 0.0791 e. The predicted molar refractivity (Wildman–Crippen MR) is 67.6 cm³/mol. The van der Waals surface area contributed by atoms with Crippen LogP contribution < -0.4 is 5.32 Å². The van der Waals surface area contributed by atoms with Crippen LogP contribution in [0.25, 0.3) is 0 Å². The molecule has 0 bridgehead atoms. The van der Waals surface area contributed by atoms with Crippen LogP contribution in [0.3, 0.4) is 0 Å². The van der Waals surface area contributed by atoms with Crippen LogP contribution in [-0.2, 0) is 0 Å². The van der Waals surface area contributed by atoms with Gasteiger partial charge < -0.3 is 15.3 Å². The van der Waals surface area contributed by atoms with Gasteiger partial charge in [0, 0.05) is 32.2 Å². The second-order valence-electron chi connectivity index (χ2n) is 5.19. The third-order valence-corrected chi connectivity index (χ3v) is 3.41. The summed E-state index contributed by atoms with van der Waals surface area (Å²) in [5, 5.41) is 13.0. The minimum atomic E-state index is -0.243. The Morgan fingerprint density at radius 1 is 1.44 bits per heavy atom. The van der Waals surface area contributed by atoms with Gasteiger partial charge in [0.15, 0.2) is 0 Å². The van der Waals surface area contributed by atoms with E-state index in [-0.39, 0.29) is 6.10 Å². The summed E-state index contributed by atoms with van der Waals surface area (Å²) in [6.45, 7) is 8.96. The summed E-state index contributed by atoms with van der Waals surface area (Å²) in [6, 6.07) is 0.631. The van der Waals surface area contributed by atoms with Gasteiger partial charge in [-0.25, -0.2) is 0 Å². The van der Waals surface area contributed by atoms with Gasteiger partial charge in [0.05, 0.1) is 6.10 Å². The SMILES string of the molecule is CCNCC(O)CN1CC(C)C(N(C)C)C1. The molecule has 0 radical (unpaired) electrons. The molecule has 0 amide bonds. The van der Waals surface area contributed by atoms with E-state index in [1.807, 2.05) is 0 Å². The van der Waals surface area contributed by atoms with Gasteiger partial charge in [-0.15, -0.1) is 0 Å². The van der Waals surface area contributed by atoms with Crippen molar-refractivity contribution in [3.05, 3.63) is 0 Å². The van der Waals surface area contributed by atoms with Crippen LogP contribution in [0, 0.1) is 5.92 Å². The molecule has 16 heavy (non-hydrogen) atoms. The molecule has 0 aromatic heterocycles. The Bertz CT molecular complexity index is 199. The molecule has 2 N–H and O–H groups in total. The fourth-order valence-electron chi connectivity index (χ4n) is 2.54. The van der Waals surface area contributed by atoms with Crippen LogP contribution in [0.5, 0.6) is 0 Å². The second kappa shape index (κ2) is 6.55. The molecule has 3 unspecified atom stereocenters.